The van der Waals surface area contributed by atoms with E-state index in [0.29, 0.717) is 0 Å². The van der Waals surface area contributed by atoms with E-state index in [-0.39, 0.29) is 17.0 Å². The molecule has 0 aliphatic carbocycles. The number of hydrogen-bond donors (Lipinski definition) is 1. The minimum atomic E-state index is -1.13. The summed E-state index contributed by atoms with van der Waals surface area (Å²) >= 11 is 0. The molecule has 7 heteroatoms. The lowest BCUT2D eigenvalue weighted by atomic mass is 10.4. The van der Waals surface area contributed by atoms with Crippen molar-refractivity contribution in [2.75, 3.05) is 0 Å². The van der Waals surface area contributed by atoms with E-state index in [0.717, 1.165) is 6.20 Å². The second-order valence-corrected chi connectivity index (χ2v) is 2.82. The van der Waals surface area contributed by atoms with Crippen LogP contribution in [0.15, 0.2) is 24.5 Å². The highest BCUT2D eigenvalue weighted by Gasteiger charge is 2.13. The molecule has 0 aromatic carbocycles. The van der Waals surface area contributed by atoms with Crippen LogP contribution in [0.2, 0.25) is 0 Å². The number of fused-ring (bicyclic) bond motifs is 1. The fraction of sp³-hybridized carbons (Fsp3) is 0. The van der Waals surface area contributed by atoms with E-state index in [4.69, 9.17) is 5.11 Å². The number of nitrogens with zero attached hydrogens (tertiary/aromatic N) is 3. The molecule has 0 aliphatic heterocycles. The van der Waals surface area contributed by atoms with E-state index in [2.05, 4.69) is 4.98 Å². The summed E-state index contributed by atoms with van der Waals surface area (Å²) in [5.41, 5.74) is 0.0894. The maximum atomic E-state index is 10.7. The van der Waals surface area contributed by atoms with Crippen molar-refractivity contribution < 1.29 is 14.8 Å². The second-order valence-electron chi connectivity index (χ2n) is 2.82. The molecular formula is C8H5N3O4. The molecule has 0 saturated heterocycles. The summed E-state index contributed by atoms with van der Waals surface area (Å²) in [6.07, 6.45) is 2.46. The monoisotopic (exact) mass is 207 g/mol. The van der Waals surface area contributed by atoms with Gasteiger partial charge < -0.3 is 5.11 Å². The van der Waals surface area contributed by atoms with Gasteiger partial charge in [0.2, 0.25) is 0 Å². The molecule has 76 valence electrons. The third-order valence-corrected chi connectivity index (χ3v) is 1.93. The lowest BCUT2D eigenvalue weighted by Crippen LogP contribution is -2.01. The fourth-order valence-corrected chi connectivity index (χ4v) is 1.24. The summed E-state index contributed by atoms with van der Waals surface area (Å²) in [6, 6.07) is 2.44. The van der Waals surface area contributed by atoms with Gasteiger partial charge >= 0.3 is 5.97 Å². The summed E-state index contributed by atoms with van der Waals surface area (Å²) in [7, 11) is 0. The van der Waals surface area contributed by atoms with Gasteiger partial charge in [0, 0.05) is 12.3 Å². The summed E-state index contributed by atoms with van der Waals surface area (Å²) in [5, 5.41) is 19.2. The van der Waals surface area contributed by atoms with Gasteiger partial charge in [0.1, 0.15) is 5.65 Å². The maximum absolute atomic E-state index is 10.7. The Morgan fingerprint density at radius 2 is 2.33 bits per heavy atom. The zero-order valence-corrected chi connectivity index (χ0v) is 7.32. The van der Waals surface area contributed by atoms with Crippen LogP contribution < -0.4 is 0 Å². The molecule has 0 bridgehead atoms. The van der Waals surface area contributed by atoms with Gasteiger partial charge in [-0.1, -0.05) is 0 Å². The van der Waals surface area contributed by atoms with Crippen molar-refractivity contribution in [1.29, 1.82) is 0 Å². The van der Waals surface area contributed by atoms with Crippen LogP contribution in [0.25, 0.3) is 5.65 Å². The van der Waals surface area contributed by atoms with Crippen LogP contribution in [-0.4, -0.2) is 25.4 Å². The molecule has 0 saturated carbocycles. The Morgan fingerprint density at radius 1 is 1.60 bits per heavy atom. The van der Waals surface area contributed by atoms with E-state index in [9.17, 15) is 14.9 Å². The quantitative estimate of drug-likeness (QED) is 0.583. The maximum Gasteiger partial charge on any atom is 0.354 e. The number of rotatable bonds is 2. The topological polar surface area (TPSA) is 97.7 Å². The van der Waals surface area contributed by atoms with Crippen molar-refractivity contribution in [3.05, 3.63) is 40.3 Å². The van der Waals surface area contributed by atoms with Crippen molar-refractivity contribution >= 4 is 17.3 Å². The Labute approximate surface area is 82.7 Å². The highest BCUT2D eigenvalue weighted by Crippen LogP contribution is 2.15. The average molecular weight is 207 g/mol. The van der Waals surface area contributed by atoms with Crippen molar-refractivity contribution in [2.45, 2.75) is 0 Å². The molecule has 0 spiro atoms. The standard InChI is InChI=1S/C8H5N3O4/c12-8(13)6-4-9-7-3-5(11(14)15)1-2-10(6)7/h1-4H,(H,12,13). The predicted molar refractivity (Wildman–Crippen MR) is 48.8 cm³/mol. The molecular weight excluding hydrogens is 202 g/mol. The van der Waals surface area contributed by atoms with Crippen LogP contribution >= 0.6 is 0 Å². The van der Waals surface area contributed by atoms with E-state index >= 15 is 0 Å². The molecule has 0 radical (unpaired) electrons. The van der Waals surface area contributed by atoms with Crippen molar-refractivity contribution in [1.82, 2.24) is 9.38 Å². The van der Waals surface area contributed by atoms with Crippen molar-refractivity contribution in [3.63, 3.8) is 0 Å². The third-order valence-electron chi connectivity index (χ3n) is 1.93. The van der Waals surface area contributed by atoms with Gasteiger partial charge in [-0.15, -0.1) is 0 Å². The van der Waals surface area contributed by atoms with Gasteiger partial charge in [-0.2, -0.15) is 0 Å². The van der Waals surface area contributed by atoms with Gasteiger partial charge in [-0.3, -0.25) is 14.5 Å². The SMILES string of the molecule is O=C(O)c1cnc2cc([N+](=O)[O-])ccn12. The molecule has 0 unspecified atom stereocenters. The average Bonchev–Trinajstić information content (AvgIpc) is 2.59. The van der Waals surface area contributed by atoms with Crippen LogP contribution in [0.3, 0.4) is 0 Å². The fourth-order valence-electron chi connectivity index (χ4n) is 1.24. The zero-order valence-electron chi connectivity index (χ0n) is 7.32. The first-order valence-electron chi connectivity index (χ1n) is 3.94. The largest absolute Gasteiger partial charge is 0.477 e. The molecule has 2 heterocycles. The van der Waals surface area contributed by atoms with Crippen LogP contribution in [0.5, 0.6) is 0 Å². The zero-order chi connectivity index (χ0) is 11.0. The number of aromatic carboxylic acids is 1. The Morgan fingerprint density at radius 3 is 2.93 bits per heavy atom. The van der Waals surface area contributed by atoms with E-state index in [1.807, 2.05) is 0 Å². The molecule has 2 rings (SSSR count). The van der Waals surface area contributed by atoms with Gasteiger partial charge in [0.15, 0.2) is 5.69 Å². The minimum absolute atomic E-state index is 0.0279. The van der Waals surface area contributed by atoms with Gasteiger partial charge in [0.05, 0.1) is 17.2 Å². The highest BCUT2D eigenvalue weighted by atomic mass is 16.6. The summed E-state index contributed by atoms with van der Waals surface area (Å²) in [4.78, 5) is 24.3. The minimum Gasteiger partial charge on any atom is -0.477 e. The number of aromatic nitrogens is 2. The van der Waals surface area contributed by atoms with Gasteiger partial charge in [-0.25, -0.2) is 9.78 Å². The first-order valence-corrected chi connectivity index (χ1v) is 3.94. The Kier molecular flexibility index (Phi) is 1.86. The molecule has 0 aliphatic rings. The summed E-state index contributed by atoms with van der Waals surface area (Å²) in [5.74, 6) is -1.13. The van der Waals surface area contributed by atoms with Crippen molar-refractivity contribution in [2.24, 2.45) is 0 Å². The molecule has 2 aromatic rings. The van der Waals surface area contributed by atoms with E-state index < -0.39 is 10.9 Å². The van der Waals surface area contributed by atoms with E-state index in [1.54, 1.807) is 0 Å². The number of hydrogen-bond acceptors (Lipinski definition) is 4. The number of pyridine rings is 1. The number of carboxylic acids is 1. The summed E-state index contributed by atoms with van der Waals surface area (Å²) < 4.78 is 1.27. The second kappa shape index (κ2) is 3.05. The van der Waals surface area contributed by atoms with Gasteiger partial charge in [0.25, 0.3) is 5.69 Å². The smallest absolute Gasteiger partial charge is 0.354 e. The first kappa shape index (κ1) is 9.13. The molecule has 2 aromatic heterocycles. The number of nitro groups is 1. The lowest BCUT2D eigenvalue weighted by molar-refractivity contribution is -0.384. The molecule has 0 fully saturated rings. The molecule has 15 heavy (non-hydrogen) atoms. The molecule has 7 nitrogen and oxygen atoms in total. The Bertz CT molecular complexity index is 560. The normalized spacial score (nSPS) is 10.4. The number of carboxylic acid groups (broad SMARTS) is 1. The van der Waals surface area contributed by atoms with Crippen LogP contribution in [0, 0.1) is 10.1 Å². The van der Waals surface area contributed by atoms with Crippen LogP contribution in [-0.2, 0) is 0 Å². The molecule has 0 atom stereocenters. The summed E-state index contributed by atoms with van der Waals surface area (Å²) in [6.45, 7) is 0. The Balaban J connectivity index is 2.66. The van der Waals surface area contributed by atoms with Crippen molar-refractivity contribution in [3.8, 4) is 0 Å². The predicted octanol–water partition coefficient (Wildman–Crippen LogP) is 0.941. The third kappa shape index (κ3) is 1.39. The number of carbonyl (C=O) groups is 1. The Hall–Kier alpha value is -2.44. The first-order chi connectivity index (χ1) is 7.09. The lowest BCUT2D eigenvalue weighted by Gasteiger charge is -1.95. The molecule has 1 N–H and O–H groups in total. The van der Waals surface area contributed by atoms with Crippen LogP contribution in [0.4, 0.5) is 5.69 Å². The number of imidazole rings is 1. The van der Waals surface area contributed by atoms with Gasteiger partial charge in [-0.05, 0) is 0 Å². The molecule has 0 amide bonds. The van der Waals surface area contributed by atoms with Crippen LogP contribution in [0.1, 0.15) is 10.5 Å². The highest BCUT2D eigenvalue weighted by molar-refractivity contribution is 5.86. The van der Waals surface area contributed by atoms with E-state index in [1.165, 1.54) is 22.7 Å².